The van der Waals surface area contributed by atoms with Crippen molar-refractivity contribution in [2.24, 2.45) is 17.3 Å². The van der Waals surface area contributed by atoms with Crippen LogP contribution in [0.25, 0.3) is 0 Å². The van der Waals surface area contributed by atoms with Crippen LogP contribution in [0.3, 0.4) is 0 Å². The van der Waals surface area contributed by atoms with Crippen molar-refractivity contribution in [2.45, 2.75) is 59.8 Å². The van der Waals surface area contributed by atoms with Crippen molar-refractivity contribution in [1.29, 1.82) is 0 Å². The molecule has 0 radical (unpaired) electrons. The Kier molecular flexibility index (Phi) is 5.11. The summed E-state index contributed by atoms with van der Waals surface area (Å²) in [6.07, 6.45) is 7.00. The molecule has 1 heterocycles. The Morgan fingerprint density at radius 1 is 1.33 bits per heavy atom. The zero-order valence-corrected chi connectivity index (χ0v) is 11.1. The quantitative estimate of drug-likeness (QED) is 0.681. The van der Waals surface area contributed by atoms with Gasteiger partial charge in [0.1, 0.15) is 0 Å². The number of rotatable bonds is 5. The maximum absolute atomic E-state index is 3.56. The largest absolute Gasteiger partial charge is 0.316 e. The lowest BCUT2D eigenvalue weighted by atomic mass is 9.65. The van der Waals surface area contributed by atoms with Gasteiger partial charge in [0, 0.05) is 0 Å². The lowest BCUT2D eigenvalue weighted by Gasteiger charge is -2.44. The first-order valence-electron chi connectivity index (χ1n) is 6.81. The lowest BCUT2D eigenvalue weighted by Crippen LogP contribution is -2.45. The van der Waals surface area contributed by atoms with Crippen LogP contribution in [0, 0.1) is 17.3 Å². The topological polar surface area (TPSA) is 12.0 Å². The minimum Gasteiger partial charge on any atom is -0.316 e. The van der Waals surface area contributed by atoms with E-state index in [4.69, 9.17) is 0 Å². The molecule has 0 aromatic heterocycles. The Balaban J connectivity index is 2.51. The van der Waals surface area contributed by atoms with Gasteiger partial charge in [-0.25, -0.2) is 0 Å². The molecule has 0 aliphatic carbocycles. The summed E-state index contributed by atoms with van der Waals surface area (Å²) in [6, 6.07) is 0. The third kappa shape index (κ3) is 3.48. The van der Waals surface area contributed by atoms with E-state index in [9.17, 15) is 0 Å². The molecule has 2 atom stereocenters. The summed E-state index contributed by atoms with van der Waals surface area (Å²) in [7, 11) is 0. The fraction of sp³-hybridized carbons (Fsp3) is 1.00. The molecular formula is C14H29N. The number of unbranched alkanes of at least 4 members (excludes halogenated alkanes) is 2. The number of nitrogens with one attached hydrogen (secondary N) is 1. The zero-order valence-electron chi connectivity index (χ0n) is 11.1. The van der Waals surface area contributed by atoms with Crippen LogP contribution in [-0.2, 0) is 0 Å². The zero-order chi connectivity index (χ0) is 11.3. The van der Waals surface area contributed by atoms with E-state index in [0.717, 1.165) is 11.8 Å². The first kappa shape index (κ1) is 13.0. The molecule has 0 amide bonds. The van der Waals surface area contributed by atoms with Crippen molar-refractivity contribution < 1.29 is 0 Å². The summed E-state index contributed by atoms with van der Waals surface area (Å²) in [4.78, 5) is 0. The summed E-state index contributed by atoms with van der Waals surface area (Å²) >= 11 is 0. The molecule has 0 bridgehead atoms. The lowest BCUT2D eigenvalue weighted by molar-refractivity contribution is 0.0774. The van der Waals surface area contributed by atoms with Gasteiger partial charge in [-0.2, -0.15) is 0 Å². The maximum Gasteiger partial charge on any atom is -0.00128 e. The first-order chi connectivity index (χ1) is 7.10. The van der Waals surface area contributed by atoms with Gasteiger partial charge in [-0.3, -0.25) is 0 Å². The van der Waals surface area contributed by atoms with E-state index in [1.807, 2.05) is 0 Å². The van der Waals surface area contributed by atoms with E-state index in [1.165, 1.54) is 45.2 Å². The second-order valence-corrected chi connectivity index (χ2v) is 5.92. The molecule has 0 saturated carbocycles. The van der Waals surface area contributed by atoms with Gasteiger partial charge < -0.3 is 5.32 Å². The van der Waals surface area contributed by atoms with Crippen molar-refractivity contribution in [1.82, 2.24) is 5.32 Å². The maximum atomic E-state index is 3.56. The van der Waals surface area contributed by atoms with E-state index in [0.29, 0.717) is 5.41 Å². The van der Waals surface area contributed by atoms with Crippen LogP contribution >= 0.6 is 0 Å². The molecule has 1 fully saturated rings. The molecule has 0 aromatic carbocycles. The molecule has 1 aliphatic rings. The molecule has 1 nitrogen and oxygen atoms in total. The number of hydrogen-bond acceptors (Lipinski definition) is 1. The van der Waals surface area contributed by atoms with Crippen LogP contribution in [0.15, 0.2) is 0 Å². The molecule has 1 saturated heterocycles. The van der Waals surface area contributed by atoms with Gasteiger partial charge in [-0.1, -0.05) is 47.0 Å². The SMILES string of the molecule is CCCCCC1(C)CCNCC1C(C)C. The molecule has 15 heavy (non-hydrogen) atoms. The Bertz CT molecular complexity index is 176. The number of piperidine rings is 1. The van der Waals surface area contributed by atoms with Crippen LogP contribution in [0.1, 0.15) is 59.8 Å². The Morgan fingerprint density at radius 3 is 2.67 bits per heavy atom. The predicted molar refractivity (Wildman–Crippen MR) is 68.1 cm³/mol. The third-order valence-electron chi connectivity index (χ3n) is 4.29. The fourth-order valence-corrected chi connectivity index (χ4v) is 3.19. The van der Waals surface area contributed by atoms with E-state index in [2.05, 4.69) is 33.0 Å². The predicted octanol–water partition coefficient (Wildman–Crippen LogP) is 3.84. The summed E-state index contributed by atoms with van der Waals surface area (Å²) in [5.74, 6) is 1.70. The average molecular weight is 211 g/mol. The smallest absolute Gasteiger partial charge is 0.00128 e. The monoisotopic (exact) mass is 211 g/mol. The summed E-state index contributed by atoms with van der Waals surface area (Å²) < 4.78 is 0. The highest BCUT2D eigenvalue weighted by atomic mass is 14.9. The van der Waals surface area contributed by atoms with Gasteiger partial charge in [-0.05, 0) is 43.2 Å². The molecular weight excluding hydrogens is 182 g/mol. The normalized spacial score (nSPS) is 32.2. The second kappa shape index (κ2) is 5.89. The molecule has 1 N–H and O–H groups in total. The molecule has 1 rings (SSSR count). The van der Waals surface area contributed by atoms with Crippen LogP contribution in [0.2, 0.25) is 0 Å². The Labute approximate surface area is 96.0 Å². The van der Waals surface area contributed by atoms with Gasteiger partial charge in [-0.15, -0.1) is 0 Å². The van der Waals surface area contributed by atoms with Crippen molar-refractivity contribution in [3.63, 3.8) is 0 Å². The standard InChI is InChI=1S/C14H29N/c1-5-6-7-8-14(4)9-10-15-11-13(14)12(2)3/h12-13,15H,5-11H2,1-4H3. The van der Waals surface area contributed by atoms with E-state index in [1.54, 1.807) is 0 Å². The molecule has 1 heteroatoms. The highest BCUT2D eigenvalue weighted by molar-refractivity contribution is 4.89. The van der Waals surface area contributed by atoms with Gasteiger partial charge in [0.25, 0.3) is 0 Å². The fourth-order valence-electron chi connectivity index (χ4n) is 3.19. The number of hydrogen-bond donors (Lipinski definition) is 1. The van der Waals surface area contributed by atoms with Gasteiger partial charge in [0.05, 0.1) is 0 Å². The first-order valence-corrected chi connectivity index (χ1v) is 6.81. The van der Waals surface area contributed by atoms with E-state index in [-0.39, 0.29) is 0 Å². The van der Waals surface area contributed by atoms with Crippen molar-refractivity contribution >= 4 is 0 Å². The Morgan fingerprint density at radius 2 is 2.07 bits per heavy atom. The summed E-state index contributed by atoms with van der Waals surface area (Å²) in [5, 5.41) is 3.56. The molecule has 0 aromatic rings. The third-order valence-corrected chi connectivity index (χ3v) is 4.29. The second-order valence-electron chi connectivity index (χ2n) is 5.92. The van der Waals surface area contributed by atoms with Crippen LogP contribution < -0.4 is 5.32 Å². The molecule has 1 aliphatic heterocycles. The van der Waals surface area contributed by atoms with Gasteiger partial charge in [0.2, 0.25) is 0 Å². The van der Waals surface area contributed by atoms with E-state index >= 15 is 0 Å². The van der Waals surface area contributed by atoms with E-state index < -0.39 is 0 Å². The highest BCUT2D eigenvalue weighted by Gasteiger charge is 2.37. The molecule has 2 unspecified atom stereocenters. The summed E-state index contributed by atoms with van der Waals surface area (Å²) in [6.45, 7) is 12.1. The highest BCUT2D eigenvalue weighted by Crippen LogP contribution is 2.42. The Hall–Kier alpha value is -0.0400. The van der Waals surface area contributed by atoms with Crippen molar-refractivity contribution in [3.8, 4) is 0 Å². The van der Waals surface area contributed by atoms with Crippen molar-refractivity contribution in [2.75, 3.05) is 13.1 Å². The van der Waals surface area contributed by atoms with Gasteiger partial charge >= 0.3 is 0 Å². The minimum absolute atomic E-state index is 0.606. The minimum atomic E-state index is 0.606. The van der Waals surface area contributed by atoms with Crippen LogP contribution in [0.4, 0.5) is 0 Å². The van der Waals surface area contributed by atoms with Crippen molar-refractivity contribution in [3.05, 3.63) is 0 Å². The molecule has 90 valence electrons. The summed E-state index contributed by atoms with van der Waals surface area (Å²) in [5.41, 5.74) is 0.606. The van der Waals surface area contributed by atoms with Crippen LogP contribution in [0.5, 0.6) is 0 Å². The van der Waals surface area contributed by atoms with Gasteiger partial charge in [0.15, 0.2) is 0 Å². The van der Waals surface area contributed by atoms with Crippen LogP contribution in [-0.4, -0.2) is 13.1 Å². The average Bonchev–Trinajstić information content (AvgIpc) is 2.18. The molecule has 0 spiro atoms.